The average molecular weight is 514 g/mol. The number of carbonyl (C=O) groups excluding carboxylic acids is 2. The smallest absolute Gasteiger partial charge is 0.348 e. The fourth-order valence-electron chi connectivity index (χ4n) is 2.26. The first-order chi connectivity index (χ1) is 12.8. The maximum absolute atomic E-state index is 12.3. The molecule has 1 N–H and O–H groups in total. The first kappa shape index (κ1) is 21.2. The molecule has 0 spiro atoms. The highest BCUT2D eigenvalue weighted by Crippen LogP contribution is 2.34. The lowest BCUT2D eigenvalue weighted by atomic mass is 10.1. The number of thiophene rings is 1. The summed E-state index contributed by atoms with van der Waals surface area (Å²) in [7, 11) is 2.80. The maximum atomic E-state index is 12.3. The van der Waals surface area contributed by atoms with Gasteiger partial charge in [-0.25, -0.2) is 4.79 Å². The summed E-state index contributed by atoms with van der Waals surface area (Å²) in [6.07, 6.45) is 2.92. The van der Waals surface area contributed by atoms with Crippen LogP contribution >= 0.6 is 43.2 Å². The minimum absolute atomic E-state index is 0.241. The van der Waals surface area contributed by atoms with E-state index >= 15 is 0 Å². The molecule has 9 heteroatoms. The summed E-state index contributed by atoms with van der Waals surface area (Å²) in [6.45, 7) is 1.64. The number of nitrogens with one attached hydrogen (secondary N) is 1. The van der Waals surface area contributed by atoms with Crippen molar-refractivity contribution in [1.29, 1.82) is 5.26 Å². The Labute approximate surface area is 177 Å². The lowest BCUT2D eigenvalue weighted by molar-refractivity contribution is -0.111. The molecule has 0 aliphatic rings. The fourth-order valence-corrected chi connectivity index (χ4v) is 4.76. The Kier molecular flexibility index (Phi) is 7.18. The molecule has 0 aliphatic carbocycles. The Morgan fingerprint density at radius 3 is 2.59 bits per heavy atom. The molecule has 2 rings (SSSR count). The Hall–Kier alpha value is -2.15. The van der Waals surface area contributed by atoms with E-state index in [0.29, 0.717) is 21.9 Å². The highest BCUT2D eigenvalue weighted by atomic mass is 79.9. The van der Waals surface area contributed by atoms with E-state index in [0.717, 1.165) is 20.3 Å². The second kappa shape index (κ2) is 9.17. The lowest BCUT2D eigenvalue weighted by Crippen LogP contribution is -2.07. The second-order valence-corrected chi connectivity index (χ2v) is 7.99. The summed E-state index contributed by atoms with van der Waals surface area (Å²) in [5.74, 6) is -0.406. The van der Waals surface area contributed by atoms with Crippen molar-refractivity contribution in [2.24, 2.45) is 0 Å². The quantitative estimate of drug-likeness (QED) is 0.453. The molecule has 0 radical (unpaired) electrons. The molecule has 27 heavy (non-hydrogen) atoms. The van der Waals surface area contributed by atoms with E-state index in [-0.39, 0.29) is 10.4 Å². The third kappa shape index (κ3) is 4.77. The van der Waals surface area contributed by atoms with Crippen molar-refractivity contribution < 1.29 is 19.1 Å². The summed E-state index contributed by atoms with van der Waals surface area (Å²) in [6, 6.07) is 5.64. The van der Waals surface area contributed by atoms with Crippen molar-refractivity contribution in [3.05, 3.63) is 48.7 Å². The second-order valence-electron chi connectivity index (χ2n) is 5.20. The van der Waals surface area contributed by atoms with Gasteiger partial charge in [-0.2, -0.15) is 5.26 Å². The van der Waals surface area contributed by atoms with Gasteiger partial charge < -0.3 is 14.8 Å². The van der Waals surface area contributed by atoms with Crippen LogP contribution in [0, 0.1) is 18.3 Å². The number of hydrogen-bond acceptors (Lipinski definition) is 6. The third-order valence-corrected chi connectivity index (χ3v) is 5.76. The number of halogens is 2. The molecule has 0 atom stereocenters. The first-order valence-corrected chi connectivity index (χ1v) is 9.86. The van der Waals surface area contributed by atoms with Crippen molar-refractivity contribution in [2.45, 2.75) is 6.92 Å². The molecule has 1 aromatic carbocycles. The predicted octanol–water partition coefficient (Wildman–Crippen LogP) is 4.90. The van der Waals surface area contributed by atoms with Crippen LogP contribution < -0.4 is 10.1 Å². The zero-order valence-corrected chi connectivity index (χ0v) is 18.5. The van der Waals surface area contributed by atoms with Crippen molar-refractivity contribution in [3.63, 3.8) is 0 Å². The molecule has 1 heterocycles. The van der Waals surface area contributed by atoms with Gasteiger partial charge in [0.25, 0.3) is 0 Å². The maximum Gasteiger partial charge on any atom is 0.348 e. The van der Waals surface area contributed by atoms with Crippen LogP contribution in [0.2, 0.25) is 0 Å². The van der Waals surface area contributed by atoms with Gasteiger partial charge in [0.15, 0.2) is 0 Å². The van der Waals surface area contributed by atoms with Crippen LogP contribution in [-0.4, -0.2) is 26.1 Å². The molecular formula is C18H14Br2N2O4S. The van der Waals surface area contributed by atoms with Gasteiger partial charge in [0.2, 0.25) is 5.91 Å². The van der Waals surface area contributed by atoms with Gasteiger partial charge >= 0.3 is 5.97 Å². The third-order valence-electron chi connectivity index (χ3n) is 3.52. The molecule has 0 aliphatic heterocycles. The number of rotatable bonds is 5. The zero-order valence-electron chi connectivity index (χ0n) is 14.6. The molecule has 0 fully saturated rings. The minimum Gasteiger partial charge on any atom is -0.495 e. The average Bonchev–Trinajstić information content (AvgIpc) is 2.94. The van der Waals surface area contributed by atoms with Crippen LogP contribution in [0.5, 0.6) is 5.75 Å². The van der Waals surface area contributed by atoms with Gasteiger partial charge in [0, 0.05) is 16.1 Å². The Bertz CT molecular complexity index is 977. The van der Waals surface area contributed by atoms with E-state index in [4.69, 9.17) is 9.47 Å². The number of carbonyl (C=O) groups is 2. The van der Waals surface area contributed by atoms with Crippen molar-refractivity contribution >= 4 is 66.2 Å². The Morgan fingerprint density at radius 1 is 1.30 bits per heavy atom. The summed E-state index contributed by atoms with van der Waals surface area (Å²) in [5, 5.41) is 12.3. The van der Waals surface area contributed by atoms with Crippen LogP contribution in [0.4, 0.5) is 5.00 Å². The van der Waals surface area contributed by atoms with Crippen LogP contribution in [0.25, 0.3) is 6.08 Å². The Morgan fingerprint density at radius 2 is 2.00 bits per heavy atom. The molecular weight excluding hydrogens is 500 g/mol. The van der Waals surface area contributed by atoms with E-state index in [1.54, 1.807) is 19.1 Å². The summed E-state index contributed by atoms with van der Waals surface area (Å²) >= 11 is 7.79. The summed E-state index contributed by atoms with van der Waals surface area (Å²) in [5.41, 5.74) is 1.41. The van der Waals surface area contributed by atoms with Gasteiger partial charge in [-0.05, 0) is 46.6 Å². The van der Waals surface area contributed by atoms with E-state index in [9.17, 15) is 14.9 Å². The van der Waals surface area contributed by atoms with Gasteiger partial charge in [0.1, 0.15) is 21.7 Å². The topological polar surface area (TPSA) is 88.4 Å². The van der Waals surface area contributed by atoms with Crippen LogP contribution in [0.15, 0.2) is 27.2 Å². The number of nitrogens with zero attached hydrogens (tertiary/aromatic N) is 1. The molecule has 0 saturated heterocycles. The number of hydrogen-bond donors (Lipinski definition) is 1. The van der Waals surface area contributed by atoms with E-state index in [1.807, 2.05) is 12.1 Å². The van der Waals surface area contributed by atoms with Crippen LogP contribution in [-0.2, 0) is 9.53 Å². The molecule has 140 valence electrons. The Balaban J connectivity index is 2.28. The monoisotopic (exact) mass is 512 g/mol. The van der Waals surface area contributed by atoms with Gasteiger partial charge in [-0.1, -0.05) is 15.9 Å². The highest BCUT2D eigenvalue weighted by molar-refractivity contribution is 9.11. The number of ether oxygens (including phenoxy) is 2. The van der Waals surface area contributed by atoms with E-state index in [1.165, 1.54) is 20.3 Å². The fraction of sp³-hybridized carbons (Fsp3) is 0.167. The van der Waals surface area contributed by atoms with Gasteiger partial charge in [0.05, 0.1) is 24.3 Å². The van der Waals surface area contributed by atoms with E-state index in [2.05, 4.69) is 37.2 Å². The number of esters is 1. The molecule has 0 saturated carbocycles. The SMILES string of the molecule is COC(=O)c1sc(NC(=O)/C=C/c2cc(Br)cc(Br)c2OC)c(C#N)c1C. The molecule has 1 amide bonds. The normalized spacial score (nSPS) is 10.5. The minimum atomic E-state index is -0.547. The van der Waals surface area contributed by atoms with Gasteiger partial charge in [-0.3, -0.25) is 4.79 Å². The number of anilines is 1. The lowest BCUT2D eigenvalue weighted by Gasteiger charge is -2.08. The number of methoxy groups -OCH3 is 2. The molecule has 0 bridgehead atoms. The molecule has 1 aromatic heterocycles. The molecule has 0 unspecified atom stereocenters. The van der Waals surface area contributed by atoms with Crippen LogP contribution in [0.3, 0.4) is 0 Å². The molecule has 6 nitrogen and oxygen atoms in total. The predicted molar refractivity (Wildman–Crippen MR) is 111 cm³/mol. The standard InChI is InChI=1S/C18H14Br2N2O4S/c1-9-12(8-21)17(27-16(9)18(24)26-3)22-14(23)5-4-10-6-11(19)7-13(20)15(10)25-2/h4-7H,1-3H3,(H,22,23)/b5-4+. The van der Waals surface area contributed by atoms with Gasteiger partial charge in [-0.15, -0.1) is 11.3 Å². The molecule has 2 aromatic rings. The largest absolute Gasteiger partial charge is 0.495 e. The van der Waals surface area contributed by atoms with Crippen molar-refractivity contribution in [2.75, 3.05) is 19.5 Å². The summed E-state index contributed by atoms with van der Waals surface area (Å²) in [4.78, 5) is 24.4. The highest BCUT2D eigenvalue weighted by Gasteiger charge is 2.21. The van der Waals surface area contributed by atoms with Crippen LogP contribution in [0.1, 0.15) is 26.4 Å². The number of amides is 1. The number of nitriles is 1. The zero-order chi connectivity index (χ0) is 20.1. The van der Waals surface area contributed by atoms with Crippen molar-refractivity contribution in [1.82, 2.24) is 0 Å². The first-order valence-electron chi connectivity index (χ1n) is 7.46. The van der Waals surface area contributed by atoms with E-state index < -0.39 is 11.9 Å². The van der Waals surface area contributed by atoms with Crippen molar-refractivity contribution in [3.8, 4) is 11.8 Å². The summed E-state index contributed by atoms with van der Waals surface area (Å²) < 4.78 is 11.6. The number of benzene rings is 1.